The molecule has 0 aliphatic heterocycles. The quantitative estimate of drug-likeness (QED) is 0.724. The molecule has 6 atom stereocenters. The second kappa shape index (κ2) is 5.48. The van der Waals surface area contributed by atoms with Crippen LogP contribution in [-0.2, 0) is 0 Å². The number of nitrogens with zero attached hydrogens (tertiary/aromatic N) is 1. The van der Waals surface area contributed by atoms with Gasteiger partial charge in [0, 0.05) is 0 Å². The topological polar surface area (TPSA) is 72.3 Å². The first kappa shape index (κ1) is 16.6. The number of aliphatic hydroxyl groups is 1. The molecule has 140 valence electrons. The molecule has 0 radical (unpaired) electrons. The molecular formula is C22H30N2O2. The van der Waals surface area contributed by atoms with Crippen LogP contribution in [0.5, 0.6) is 0 Å². The highest BCUT2D eigenvalue weighted by Crippen LogP contribution is 2.66. The Hall–Kier alpha value is -1.55. The van der Waals surface area contributed by atoms with Gasteiger partial charge in [-0.3, -0.25) is 0 Å². The van der Waals surface area contributed by atoms with E-state index in [1.54, 1.807) is 6.26 Å². The number of allylic oxidation sites excluding steroid dienone is 3. The van der Waals surface area contributed by atoms with Gasteiger partial charge >= 0.3 is 0 Å². The predicted octanol–water partition coefficient (Wildman–Crippen LogP) is 4.57. The van der Waals surface area contributed by atoms with Gasteiger partial charge in [-0.05, 0) is 79.1 Å². The predicted molar refractivity (Wildman–Crippen MR) is 102 cm³/mol. The van der Waals surface area contributed by atoms with E-state index < -0.39 is 0 Å². The Bertz CT molecular complexity index is 794. The van der Waals surface area contributed by atoms with E-state index in [1.807, 2.05) is 0 Å². The summed E-state index contributed by atoms with van der Waals surface area (Å²) in [5.41, 5.74) is 10.0. The lowest BCUT2D eigenvalue weighted by molar-refractivity contribution is -0.0238. The van der Waals surface area contributed by atoms with Gasteiger partial charge in [-0.1, -0.05) is 31.6 Å². The molecule has 2 saturated carbocycles. The van der Waals surface area contributed by atoms with Crippen LogP contribution in [0.25, 0.3) is 5.57 Å². The summed E-state index contributed by atoms with van der Waals surface area (Å²) in [7, 11) is 0. The van der Waals surface area contributed by atoms with E-state index in [4.69, 9.17) is 10.2 Å². The SMILES string of the molecule is C[C@]12CCC(O)CC1=CCC1C2CC[C@]2(C)C(c3coc(N)n3)=CCC12. The average molecular weight is 354 g/mol. The molecule has 0 bridgehead atoms. The summed E-state index contributed by atoms with van der Waals surface area (Å²) in [6.07, 6.45) is 14.3. The normalized spacial score (nSPS) is 44.6. The number of fused-ring (bicyclic) bond motifs is 5. The number of hydrogen-bond donors (Lipinski definition) is 2. The van der Waals surface area contributed by atoms with E-state index >= 15 is 0 Å². The molecule has 0 spiro atoms. The highest BCUT2D eigenvalue weighted by molar-refractivity contribution is 5.70. The highest BCUT2D eigenvalue weighted by Gasteiger charge is 2.57. The highest BCUT2D eigenvalue weighted by atomic mass is 16.4. The Labute approximate surface area is 155 Å². The molecular weight excluding hydrogens is 324 g/mol. The van der Waals surface area contributed by atoms with Crippen LogP contribution < -0.4 is 5.73 Å². The van der Waals surface area contributed by atoms with Gasteiger partial charge in [0.25, 0.3) is 6.01 Å². The van der Waals surface area contributed by atoms with Crippen LogP contribution in [0.15, 0.2) is 28.4 Å². The summed E-state index contributed by atoms with van der Waals surface area (Å²) < 4.78 is 5.30. The number of aliphatic hydroxyl groups excluding tert-OH is 1. The van der Waals surface area contributed by atoms with Gasteiger partial charge in [-0.25, -0.2) is 0 Å². The van der Waals surface area contributed by atoms with E-state index in [1.165, 1.54) is 30.4 Å². The standard InChI is InChI=1S/C22H30N2O2/c1-21-9-7-14(25)11-13(21)3-4-15-16-5-6-18(19-12-26-20(23)24-19)22(16,2)10-8-17(15)21/h3,6,12,14-17,25H,4-5,7-11H2,1-2H3,(H2,23,24)/t14?,15?,16?,17?,21-,22-/m0/s1. The fourth-order valence-electron chi connectivity index (χ4n) is 7.02. The monoisotopic (exact) mass is 354 g/mol. The Morgan fingerprint density at radius 3 is 2.69 bits per heavy atom. The summed E-state index contributed by atoms with van der Waals surface area (Å²) in [6.45, 7) is 4.91. The zero-order valence-corrected chi connectivity index (χ0v) is 15.9. The van der Waals surface area contributed by atoms with Crippen molar-refractivity contribution in [2.24, 2.45) is 28.6 Å². The molecule has 0 aromatic carbocycles. The van der Waals surface area contributed by atoms with Crippen molar-refractivity contribution in [1.82, 2.24) is 4.98 Å². The Morgan fingerprint density at radius 2 is 1.92 bits per heavy atom. The Kier molecular flexibility index (Phi) is 3.50. The summed E-state index contributed by atoms with van der Waals surface area (Å²) >= 11 is 0. The van der Waals surface area contributed by atoms with Gasteiger partial charge in [-0.2, -0.15) is 4.98 Å². The minimum atomic E-state index is -0.128. The Balaban J connectivity index is 1.47. The number of anilines is 1. The van der Waals surface area contributed by atoms with E-state index in [0.29, 0.717) is 11.3 Å². The van der Waals surface area contributed by atoms with Crippen molar-refractivity contribution >= 4 is 11.6 Å². The third-order valence-electron chi connectivity index (χ3n) is 8.46. The second-order valence-electron chi connectivity index (χ2n) is 9.54. The van der Waals surface area contributed by atoms with Crippen LogP contribution in [0.1, 0.15) is 64.5 Å². The van der Waals surface area contributed by atoms with Crippen LogP contribution in [0.2, 0.25) is 0 Å². The van der Waals surface area contributed by atoms with E-state index in [9.17, 15) is 5.11 Å². The number of nitrogens with two attached hydrogens (primary N) is 1. The zero-order chi connectivity index (χ0) is 18.1. The number of nitrogen functional groups attached to an aromatic ring is 1. The lowest BCUT2D eigenvalue weighted by atomic mass is 9.47. The lowest BCUT2D eigenvalue weighted by Crippen LogP contribution is -2.49. The van der Waals surface area contributed by atoms with E-state index in [2.05, 4.69) is 31.0 Å². The first-order valence-electron chi connectivity index (χ1n) is 10.2. The Morgan fingerprint density at radius 1 is 1.12 bits per heavy atom. The maximum atomic E-state index is 10.1. The molecule has 4 heteroatoms. The molecule has 5 rings (SSSR count). The van der Waals surface area contributed by atoms with Crippen LogP contribution in [0.3, 0.4) is 0 Å². The molecule has 4 nitrogen and oxygen atoms in total. The maximum absolute atomic E-state index is 10.1. The van der Waals surface area contributed by atoms with Crippen molar-refractivity contribution in [1.29, 1.82) is 0 Å². The lowest BCUT2D eigenvalue weighted by Gasteiger charge is -2.57. The van der Waals surface area contributed by atoms with Crippen LogP contribution in [-0.4, -0.2) is 16.2 Å². The van der Waals surface area contributed by atoms with E-state index in [-0.39, 0.29) is 17.5 Å². The fraction of sp³-hybridized carbons (Fsp3) is 0.682. The number of hydrogen-bond acceptors (Lipinski definition) is 4. The van der Waals surface area contributed by atoms with Crippen LogP contribution in [0.4, 0.5) is 6.01 Å². The molecule has 1 aromatic heterocycles. The molecule has 2 fully saturated rings. The molecule has 1 aromatic rings. The van der Waals surface area contributed by atoms with Crippen LogP contribution >= 0.6 is 0 Å². The molecule has 1 heterocycles. The third-order valence-corrected chi connectivity index (χ3v) is 8.46. The van der Waals surface area contributed by atoms with Crippen LogP contribution in [0, 0.1) is 28.6 Å². The largest absolute Gasteiger partial charge is 0.432 e. The van der Waals surface area contributed by atoms with Crippen molar-refractivity contribution < 1.29 is 9.52 Å². The minimum absolute atomic E-state index is 0.128. The van der Waals surface area contributed by atoms with Crippen molar-refractivity contribution in [2.75, 3.05) is 5.73 Å². The fourth-order valence-corrected chi connectivity index (χ4v) is 7.02. The number of aromatic nitrogens is 1. The van der Waals surface area contributed by atoms with Gasteiger partial charge in [-0.15, -0.1) is 0 Å². The van der Waals surface area contributed by atoms with E-state index in [0.717, 1.165) is 43.2 Å². The van der Waals surface area contributed by atoms with Crippen molar-refractivity contribution in [3.63, 3.8) is 0 Å². The van der Waals surface area contributed by atoms with Gasteiger partial charge < -0.3 is 15.3 Å². The van der Waals surface area contributed by atoms with Crippen molar-refractivity contribution in [2.45, 2.75) is 64.9 Å². The van der Waals surface area contributed by atoms with Gasteiger partial charge in [0.05, 0.1) is 6.10 Å². The van der Waals surface area contributed by atoms with Crippen molar-refractivity contribution in [3.8, 4) is 0 Å². The first-order valence-corrected chi connectivity index (χ1v) is 10.2. The molecule has 4 aliphatic rings. The second-order valence-corrected chi connectivity index (χ2v) is 9.54. The maximum Gasteiger partial charge on any atom is 0.292 e. The third kappa shape index (κ3) is 2.14. The molecule has 0 amide bonds. The van der Waals surface area contributed by atoms with Gasteiger partial charge in [0.2, 0.25) is 0 Å². The van der Waals surface area contributed by atoms with Gasteiger partial charge in [0.1, 0.15) is 12.0 Å². The molecule has 4 aliphatic carbocycles. The van der Waals surface area contributed by atoms with Gasteiger partial charge in [0.15, 0.2) is 0 Å². The number of oxazole rings is 1. The number of rotatable bonds is 1. The molecule has 26 heavy (non-hydrogen) atoms. The molecule has 4 unspecified atom stereocenters. The average Bonchev–Trinajstić information content (AvgIpc) is 3.18. The first-order chi connectivity index (χ1) is 12.4. The summed E-state index contributed by atoms with van der Waals surface area (Å²) in [6, 6.07) is 0.264. The summed E-state index contributed by atoms with van der Waals surface area (Å²) in [4.78, 5) is 4.42. The molecule has 3 N–H and O–H groups in total. The smallest absolute Gasteiger partial charge is 0.292 e. The zero-order valence-electron chi connectivity index (χ0n) is 15.9. The minimum Gasteiger partial charge on any atom is -0.432 e. The molecule has 0 saturated heterocycles. The van der Waals surface area contributed by atoms with Crippen molar-refractivity contribution in [3.05, 3.63) is 29.7 Å². The summed E-state index contributed by atoms with van der Waals surface area (Å²) in [5, 5.41) is 10.1. The summed E-state index contributed by atoms with van der Waals surface area (Å²) in [5.74, 6) is 2.16.